The Morgan fingerprint density at radius 1 is 0.789 bits per heavy atom. The van der Waals surface area contributed by atoms with Gasteiger partial charge >= 0.3 is 0 Å². The lowest BCUT2D eigenvalue weighted by atomic mass is 9.76. The molecular weight excluding hydrogens is 484 g/mol. The monoisotopic (exact) mass is 526 g/mol. The van der Waals surface area contributed by atoms with Gasteiger partial charge in [0.2, 0.25) is 12.6 Å². The quantitative estimate of drug-likeness (QED) is 0.317. The molecule has 0 radical (unpaired) electrons. The van der Waals surface area contributed by atoms with Crippen LogP contribution in [0, 0.1) is 23.7 Å². The van der Waals surface area contributed by atoms with Crippen molar-refractivity contribution in [3.8, 4) is 23.0 Å². The normalized spacial score (nSPS) is 21.7. The Kier molecular flexibility index (Phi) is 9.55. The fraction of sp³-hybridized carbons (Fsp3) is 0.581. The number of unbranched alkanes of at least 4 members (excludes halogenated alkanes) is 2. The molecule has 0 aliphatic carbocycles. The van der Waals surface area contributed by atoms with E-state index in [0.717, 1.165) is 49.7 Å². The van der Waals surface area contributed by atoms with Gasteiger partial charge < -0.3 is 29.2 Å². The van der Waals surface area contributed by atoms with E-state index in [-0.39, 0.29) is 41.0 Å². The van der Waals surface area contributed by atoms with Crippen molar-refractivity contribution >= 4 is 5.78 Å². The van der Waals surface area contributed by atoms with Gasteiger partial charge in [0.05, 0.1) is 13.2 Å². The van der Waals surface area contributed by atoms with Crippen LogP contribution in [0.1, 0.15) is 77.3 Å². The predicted octanol–water partition coefficient (Wildman–Crippen LogP) is 6.72. The highest BCUT2D eigenvalue weighted by Gasteiger charge is 2.41. The number of ketones is 1. The summed E-state index contributed by atoms with van der Waals surface area (Å²) >= 11 is 0. The maximum absolute atomic E-state index is 14.0. The van der Waals surface area contributed by atoms with E-state index in [1.54, 1.807) is 36.4 Å². The van der Waals surface area contributed by atoms with E-state index in [1.165, 1.54) is 0 Å². The van der Waals surface area contributed by atoms with E-state index in [2.05, 4.69) is 13.8 Å². The molecule has 0 aromatic heterocycles. The molecule has 4 rings (SSSR count). The number of fused-ring (bicyclic) bond motifs is 2. The Morgan fingerprint density at radius 3 is 1.61 bits per heavy atom. The molecule has 7 nitrogen and oxygen atoms in total. The molecule has 0 saturated heterocycles. The van der Waals surface area contributed by atoms with Crippen molar-refractivity contribution in [3.63, 3.8) is 0 Å². The lowest BCUT2D eigenvalue weighted by Crippen LogP contribution is -2.44. The average molecular weight is 527 g/mol. The van der Waals surface area contributed by atoms with Crippen LogP contribution in [0.25, 0.3) is 0 Å². The first-order chi connectivity index (χ1) is 18.3. The van der Waals surface area contributed by atoms with Gasteiger partial charge in [-0.2, -0.15) is 0 Å². The van der Waals surface area contributed by atoms with Crippen LogP contribution in [-0.4, -0.2) is 28.6 Å². The summed E-state index contributed by atoms with van der Waals surface area (Å²) in [7, 11) is 0. The summed E-state index contributed by atoms with van der Waals surface area (Å²) in [5.41, 5.74) is 1.62. The summed E-state index contributed by atoms with van der Waals surface area (Å²) in [6.45, 7) is 8.95. The maximum atomic E-state index is 14.0. The highest BCUT2D eigenvalue weighted by atomic mass is 16.7. The minimum atomic E-state index is -0.527. The number of phenols is 2. The first-order valence-corrected chi connectivity index (χ1v) is 14.1. The minimum absolute atomic E-state index is 0.101. The maximum Gasteiger partial charge on any atom is 0.203 e. The van der Waals surface area contributed by atoms with E-state index < -0.39 is 12.6 Å². The standard InChI is InChI=1S/C31H42O7/c1-5-7-9-25(30-35-17-21-15-23(32)11-13-27(21)37-30)19(3)29(34)20(4)26(10-8-6-2)31-36-18-22-16-24(33)12-14-28(22)38-31/h11-16,19-20,25-26,30-33H,5-10,17-18H2,1-4H3. The predicted molar refractivity (Wildman–Crippen MR) is 144 cm³/mol. The molecule has 0 bridgehead atoms. The number of hydrogen-bond acceptors (Lipinski definition) is 7. The molecule has 2 heterocycles. The zero-order valence-electron chi connectivity index (χ0n) is 23.0. The second-order valence-corrected chi connectivity index (χ2v) is 10.8. The topological polar surface area (TPSA) is 94.5 Å². The van der Waals surface area contributed by atoms with Gasteiger partial charge in [0.15, 0.2) is 0 Å². The smallest absolute Gasteiger partial charge is 0.203 e. The molecule has 2 aromatic carbocycles. The average Bonchev–Trinajstić information content (AvgIpc) is 2.92. The number of phenolic OH excluding ortho intramolecular Hbond substituents is 2. The van der Waals surface area contributed by atoms with Crippen LogP contribution in [0.2, 0.25) is 0 Å². The largest absolute Gasteiger partial charge is 0.508 e. The highest BCUT2D eigenvalue weighted by Crippen LogP contribution is 2.39. The summed E-state index contributed by atoms with van der Waals surface area (Å²) in [5, 5.41) is 19.6. The molecular formula is C31H42O7. The zero-order valence-corrected chi connectivity index (χ0v) is 23.0. The van der Waals surface area contributed by atoms with Gasteiger partial charge in [0.1, 0.15) is 28.8 Å². The van der Waals surface area contributed by atoms with Crippen LogP contribution in [0.3, 0.4) is 0 Å². The van der Waals surface area contributed by atoms with Crippen molar-refractivity contribution in [1.82, 2.24) is 0 Å². The molecule has 2 aromatic rings. The number of ether oxygens (including phenoxy) is 4. The summed E-state index contributed by atoms with van der Waals surface area (Å²) in [6, 6.07) is 10.1. The van der Waals surface area contributed by atoms with Gasteiger partial charge in [-0.1, -0.05) is 53.4 Å². The van der Waals surface area contributed by atoms with Crippen LogP contribution in [-0.2, 0) is 27.5 Å². The minimum Gasteiger partial charge on any atom is -0.508 e. The number of carbonyl (C=O) groups excluding carboxylic acids is 1. The third-order valence-corrected chi connectivity index (χ3v) is 8.04. The third kappa shape index (κ3) is 6.44. The fourth-order valence-electron chi connectivity index (χ4n) is 5.63. The Morgan fingerprint density at radius 2 is 1.21 bits per heavy atom. The number of hydrogen-bond donors (Lipinski definition) is 2. The number of Topliss-reactive ketones (excluding diaryl/α,β-unsaturated/α-hetero) is 1. The molecule has 0 saturated carbocycles. The van der Waals surface area contributed by atoms with Crippen LogP contribution in [0.15, 0.2) is 36.4 Å². The van der Waals surface area contributed by atoms with Crippen molar-refractivity contribution in [2.24, 2.45) is 23.7 Å². The molecule has 2 aliphatic rings. The molecule has 7 heteroatoms. The second kappa shape index (κ2) is 12.9. The summed E-state index contributed by atoms with van der Waals surface area (Å²) < 4.78 is 24.7. The van der Waals surface area contributed by atoms with Gasteiger partial charge in [-0.05, 0) is 49.2 Å². The number of aromatic hydroxyl groups is 2. The lowest BCUT2D eigenvalue weighted by Gasteiger charge is -2.38. The Balaban J connectivity index is 1.51. The van der Waals surface area contributed by atoms with Crippen molar-refractivity contribution < 1.29 is 34.0 Å². The van der Waals surface area contributed by atoms with E-state index in [4.69, 9.17) is 18.9 Å². The highest BCUT2D eigenvalue weighted by molar-refractivity contribution is 5.83. The van der Waals surface area contributed by atoms with Crippen molar-refractivity contribution in [1.29, 1.82) is 0 Å². The number of rotatable bonds is 12. The number of carbonyl (C=O) groups is 1. The molecule has 208 valence electrons. The van der Waals surface area contributed by atoms with Gasteiger partial charge in [0.25, 0.3) is 0 Å². The van der Waals surface area contributed by atoms with Crippen molar-refractivity contribution in [2.75, 3.05) is 0 Å². The van der Waals surface area contributed by atoms with Crippen LogP contribution in [0.5, 0.6) is 23.0 Å². The van der Waals surface area contributed by atoms with Gasteiger partial charge in [-0.15, -0.1) is 0 Å². The van der Waals surface area contributed by atoms with Gasteiger partial charge in [0, 0.05) is 34.8 Å². The molecule has 0 fully saturated rings. The fourth-order valence-corrected chi connectivity index (χ4v) is 5.63. The van der Waals surface area contributed by atoms with E-state index in [1.807, 2.05) is 13.8 Å². The molecule has 2 aliphatic heterocycles. The van der Waals surface area contributed by atoms with Crippen molar-refractivity contribution in [3.05, 3.63) is 47.5 Å². The summed E-state index contributed by atoms with van der Waals surface area (Å²) in [5.74, 6) is 1.16. The molecule has 38 heavy (non-hydrogen) atoms. The van der Waals surface area contributed by atoms with Crippen LogP contribution in [0.4, 0.5) is 0 Å². The first-order valence-electron chi connectivity index (χ1n) is 14.1. The van der Waals surface area contributed by atoms with E-state index >= 15 is 0 Å². The van der Waals surface area contributed by atoms with Crippen LogP contribution < -0.4 is 9.47 Å². The van der Waals surface area contributed by atoms with E-state index in [9.17, 15) is 15.0 Å². The second-order valence-electron chi connectivity index (χ2n) is 10.8. The Labute approximate surface area is 226 Å². The molecule has 2 N–H and O–H groups in total. The molecule has 0 spiro atoms. The Hall–Kier alpha value is -2.77. The van der Waals surface area contributed by atoms with Gasteiger partial charge in [-0.25, -0.2) is 0 Å². The third-order valence-electron chi connectivity index (χ3n) is 8.04. The first kappa shape index (κ1) is 28.2. The summed E-state index contributed by atoms with van der Waals surface area (Å²) in [4.78, 5) is 14.0. The van der Waals surface area contributed by atoms with Crippen molar-refractivity contribution in [2.45, 2.75) is 92.0 Å². The Bertz CT molecular complexity index is 1000. The molecule has 0 amide bonds. The lowest BCUT2D eigenvalue weighted by molar-refractivity contribution is -0.171. The SMILES string of the molecule is CCCCC(C1OCc2cc(O)ccc2O1)C(C)C(=O)C(C)C(CCCC)C1OCc2cc(O)ccc2O1. The summed E-state index contributed by atoms with van der Waals surface area (Å²) in [6.07, 6.45) is 4.56. The van der Waals surface area contributed by atoms with Gasteiger partial charge in [-0.3, -0.25) is 4.79 Å². The number of benzene rings is 2. The van der Waals surface area contributed by atoms with Crippen LogP contribution >= 0.6 is 0 Å². The van der Waals surface area contributed by atoms with E-state index in [0.29, 0.717) is 24.7 Å². The zero-order chi connectivity index (χ0) is 27.2. The molecule has 6 unspecified atom stereocenters. The molecule has 6 atom stereocenters.